The Labute approximate surface area is 235 Å². The van der Waals surface area contributed by atoms with Gasteiger partial charge in [-0.05, 0) is 54.8 Å². The number of thiazole rings is 1. The molecule has 3 amide bonds. The number of imide groups is 1. The van der Waals surface area contributed by atoms with Crippen LogP contribution in [0.4, 0.5) is 11.4 Å². The summed E-state index contributed by atoms with van der Waals surface area (Å²) in [6, 6.07) is 17.8. The van der Waals surface area contributed by atoms with Gasteiger partial charge in [-0.25, -0.2) is 4.90 Å². The number of aryl methyl sites for hydroxylation is 1. The summed E-state index contributed by atoms with van der Waals surface area (Å²) >= 11 is 9.67. The Bertz CT molecular complexity index is 1610. The lowest BCUT2D eigenvalue weighted by molar-refractivity contribution is -0.122. The molecule has 4 heterocycles. The van der Waals surface area contributed by atoms with Crippen LogP contribution in [0.2, 0.25) is 5.02 Å². The van der Waals surface area contributed by atoms with E-state index < -0.39 is 17.1 Å². The second kappa shape index (κ2) is 9.85. The normalized spacial score (nSPS) is 20.4. The first-order valence-corrected chi connectivity index (χ1v) is 14.7. The number of nitrogens with zero attached hydrogens (tertiary/aromatic N) is 2. The van der Waals surface area contributed by atoms with E-state index in [1.807, 2.05) is 36.6 Å². The van der Waals surface area contributed by atoms with E-state index in [2.05, 4.69) is 5.32 Å². The summed E-state index contributed by atoms with van der Waals surface area (Å²) in [5.41, 5.74) is 2.12. The zero-order valence-electron chi connectivity index (χ0n) is 19.9. The number of hydrogen-bond acceptors (Lipinski definition) is 7. The van der Waals surface area contributed by atoms with E-state index >= 15 is 0 Å². The number of fused-ring (bicyclic) bond motifs is 2. The molecule has 2 aromatic carbocycles. The molecular weight excluding hydrogens is 562 g/mol. The van der Waals surface area contributed by atoms with Crippen LogP contribution >= 0.6 is 46.0 Å². The first-order chi connectivity index (χ1) is 18.3. The van der Waals surface area contributed by atoms with Gasteiger partial charge in [-0.2, -0.15) is 0 Å². The highest BCUT2D eigenvalue weighted by molar-refractivity contribution is 8.00. The van der Waals surface area contributed by atoms with Gasteiger partial charge in [-0.3, -0.25) is 23.7 Å². The molecule has 38 heavy (non-hydrogen) atoms. The van der Waals surface area contributed by atoms with E-state index in [9.17, 15) is 19.2 Å². The molecule has 0 saturated carbocycles. The highest BCUT2D eigenvalue weighted by atomic mass is 35.5. The van der Waals surface area contributed by atoms with Gasteiger partial charge >= 0.3 is 4.87 Å². The predicted molar refractivity (Wildman–Crippen MR) is 152 cm³/mol. The molecule has 1 N–H and O–H groups in total. The number of amides is 3. The number of nitrogens with one attached hydrogen (secondary N) is 1. The molecule has 0 spiro atoms. The summed E-state index contributed by atoms with van der Waals surface area (Å²) in [6.45, 7) is 1.74. The van der Waals surface area contributed by atoms with Gasteiger partial charge in [0.2, 0.25) is 17.7 Å². The fraction of sp³-hybridized carbons (Fsp3) is 0.185. The molecule has 4 aromatic rings. The number of thiophene rings is 1. The molecule has 0 bridgehead atoms. The highest BCUT2D eigenvalue weighted by Gasteiger charge is 2.57. The smallest absolute Gasteiger partial charge is 0.308 e. The van der Waals surface area contributed by atoms with E-state index in [0.29, 0.717) is 21.4 Å². The van der Waals surface area contributed by atoms with E-state index in [-0.39, 0.29) is 29.1 Å². The molecule has 1 fully saturated rings. The van der Waals surface area contributed by atoms with Crippen LogP contribution in [0.25, 0.3) is 0 Å². The van der Waals surface area contributed by atoms with Crippen LogP contribution in [-0.2, 0) is 20.9 Å². The first-order valence-electron chi connectivity index (χ1n) is 11.8. The quantitative estimate of drug-likeness (QED) is 0.320. The van der Waals surface area contributed by atoms with E-state index in [1.54, 1.807) is 36.4 Å². The Morgan fingerprint density at radius 2 is 1.74 bits per heavy atom. The third-order valence-electron chi connectivity index (χ3n) is 6.62. The largest absolute Gasteiger partial charge is 0.325 e. The lowest BCUT2D eigenvalue weighted by atomic mass is 9.87. The monoisotopic (exact) mass is 581 g/mol. The molecule has 3 atom stereocenters. The molecular formula is C27H20ClN3O4S3. The molecule has 0 radical (unpaired) electrons. The average Bonchev–Trinajstić information content (AvgIpc) is 3.59. The minimum Gasteiger partial charge on any atom is -0.325 e. The maximum Gasteiger partial charge on any atom is 0.308 e. The molecule has 0 aliphatic carbocycles. The molecule has 11 heteroatoms. The second-order valence-corrected chi connectivity index (χ2v) is 12.6. The van der Waals surface area contributed by atoms with Gasteiger partial charge in [0.1, 0.15) is 11.8 Å². The van der Waals surface area contributed by atoms with Crippen molar-refractivity contribution in [1.29, 1.82) is 0 Å². The fourth-order valence-electron chi connectivity index (χ4n) is 4.86. The standard InChI is InChI=1S/C27H20ClN3O4S3/c1-14-4-10-17(11-5-14)31-24(33)21-20(18-3-2-12-36-18)23-26(37-22(21)25(31)34)30(27(35)38-23)13-19(32)29-16-8-6-15(28)7-9-16/h2-12,20-22H,13H2,1H3,(H,29,32)/t20-,21-,22+/m0/s1. The number of thioether (sulfide) groups is 1. The predicted octanol–water partition coefficient (Wildman–Crippen LogP) is 5.37. The molecule has 7 nitrogen and oxygen atoms in total. The lowest BCUT2D eigenvalue weighted by Gasteiger charge is -2.29. The second-order valence-electron chi connectivity index (χ2n) is 9.08. The molecule has 2 aliphatic rings. The van der Waals surface area contributed by atoms with Crippen LogP contribution in [0.15, 0.2) is 75.9 Å². The Morgan fingerprint density at radius 1 is 1.00 bits per heavy atom. The molecule has 2 aliphatic heterocycles. The first kappa shape index (κ1) is 25.1. The van der Waals surface area contributed by atoms with Gasteiger partial charge < -0.3 is 5.32 Å². The molecule has 1 saturated heterocycles. The Morgan fingerprint density at radius 3 is 2.42 bits per heavy atom. The van der Waals surface area contributed by atoms with Crippen LogP contribution in [0.5, 0.6) is 0 Å². The van der Waals surface area contributed by atoms with Crippen molar-refractivity contribution in [1.82, 2.24) is 4.57 Å². The third kappa shape index (κ3) is 4.31. The van der Waals surface area contributed by atoms with E-state index in [0.717, 1.165) is 26.7 Å². The van der Waals surface area contributed by atoms with Crippen molar-refractivity contribution in [2.75, 3.05) is 10.2 Å². The van der Waals surface area contributed by atoms with Crippen LogP contribution < -0.4 is 15.1 Å². The van der Waals surface area contributed by atoms with E-state index in [1.165, 1.54) is 32.6 Å². The van der Waals surface area contributed by atoms with Gasteiger partial charge in [-0.1, -0.05) is 58.5 Å². The van der Waals surface area contributed by atoms with Gasteiger partial charge in [0.15, 0.2) is 0 Å². The maximum absolute atomic E-state index is 13.8. The maximum atomic E-state index is 13.8. The number of aromatic nitrogens is 1. The van der Waals surface area contributed by atoms with Crippen molar-refractivity contribution >= 4 is 75.1 Å². The molecule has 6 rings (SSSR count). The van der Waals surface area contributed by atoms with Gasteiger partial charge in [0.05, 0.1) is 16.6 Å². The number of carbonyl (C=O) groups excluding carboxylic acids is 3. The number of benzene rings is 2. The average molecular weight is 582 g/mol. The SMILES string of the molecule is Cc1ccc(N2C(=O)[C@H]3[C@H](c4cccs4)c4sc(=O)n(CC(=O)Nc5ccc(Cl)cc5)c4S[C@H]3C2=O)cc1. The van der Waals surface area contributed by atoms with Crippen molar-refractivity contribution in [2.24, 2.45) is 5.92 Å². The van der Waals surface area contributed by atoms with Crippen LogP contribution in [0.3, 0.4) is 0 Å². The Balaban J connectivity index is 1.38. The zero-order valence-corrected chi connectivity index (χ0v) is 23.1. The fourth-order valence-corrected chi connectivity index (χ4v) is 8.70. The van der Waals surface area contributed by atoms with Crippen LogP contribution in [-0.4, -0.2) is 27.5 Å². The number of rotatable bonds is 5. The lowest BCUT2D eigenvalue weighted by Crippen LogP contribution is -2.32. The summed E-state index contributed by atoms with van der Waals surface area (Å²) in [7, 11) is 0. The zero-order chi connectivity index (χ0) is 26.6. The minimum atomic E-state index is -0.706. The van der Waals surface area contributed by atoms with Gasteiger partial charge in [0, 0.05) is 26.4 Å². The highest BCUT2D eigenvalue weighted by Crippen LogP contribution is 2.54. The number of anilines is 2. The van der Waals surface area contributed by atoms with Gasteiger partial charge in [0.25, 0.3) is 0 Å². The summed E-state index contributed by atoms with van der Waals surface area (Å²) in [6.07, 6.45) is 0. The van der Waals surface area contributed by atoms with Crippen molar-refractivity contribution in [3.05, 3.63) is 96.1 Å². The summed E-state index contributed by atoms with van der Waals surface area (Å²) in [5, 5.41) is 5.12. The van der Waals surface area contributed by atoms with Crippen molar-refractivity contribution in [2.45, 2.75) is 29.7 Å². The topological polar surface area (TPSA) is 88.5 Å². The Hall–Kier alpha value is -3.18. The number of hydrogen-bond donors (Lipinski definition) is 1. The summed E-state index contributed by atoms with van der Waals surface area (Å²) in [4.78, 5) is 56.1. The molecule has 0 unspecified atom stereocenters. The van der Waals surface area contributed by atoms with Crippen molar-refractivity contribution < 1.29 is 14.4 Å². The number of halogens is 1. The summed E-state index contributed by atoms with van der Waals surface area (Å²) < 4.78 is 1.42. The van der Waals surface area contributed by atoms with Crippen molar-refractivity contribution in [3.63, 3.8) is 0 Å². The Kier molecular flexibility index (Phi) is 6.51. The minimum absolute atomic E-state index is 0.210. The molecule has 2 aromatic heterocycles. The molecule has 192 valence electrons. The van der Waals surface area contributed by atoms with E-state index in [4.69, 9.17) is 11.6 Å². The van der Waals surface area contributed by atoms with Crippen LogP contribution in [0, 0.1) is 12.8 Å². The summed E-state index contributed by atoms with van der Waals surface area (Å²) in [5.74, 6) is -2.04. The van der Waals surface area contributed by atoms with Crippen molar-refractivity contribution in [3.8, 4) is 0 Å². The van der Waals surface area contributed by atoms with Gasteiger partial charge in [-0.15, -0.1) is 11.3 Å². The van der Waals surface area contributed by atoms with Crippen LogP contribution in [0.1, 0.15) is 21.2 Å². The third-order valence-corrected chi connectivity index (χ3v) is 10.4. The number of carbonyl (C=O) groups is 3.